The first-order valence-corrected chi connectivity index (χ1v) is 8.76. The molecule has 5 nitrogen and oxygen atoms in total. The number of fused-ring (bicyclic) bond motifs is 3. The van der Waals surface area contributed by atoms with Crippen molar-refractivity contribution in [3.63, 3.8) is 0 Å². The van der Waals surface area contributed by atoms with Crippen molar-refractivity contribution < 1.29 is 0 Å². The summed E-state index contributed by atoms with van der Waals surface area (Å²) in [7, 11) is 0. The Morgan fingerprint density at radius 2 is 1.80 bits per heavy atom. The summed E-state index contributed by atoms with van der Waals surface area (Å²) in [6.07, 6.45) is 0. The van der Waals surface area contributed by atoms with Crippen molar-refractivity contribution in [1.82, 2.24) is 24.5 Å². The molecule has 1 aromatic carbocycles. The standard InChI is InChI=1S/C20H23N5/c1-4-21-12-16-6-5-7-17(11-16)13-24-14(2)10-19-18(24)8-9-20-23-22-15(3)25(19)20/h5-11,21H,4,12-13H2,1-3H3. The molecule has 0 radical (unpaired) electrons. The minimum atomic E-state index is 0.863. The highest BCUT2D eigenvalue weighted by atomic mass is 15.2. The number of nitrogens with one attached hydrogen (secondary N) is 1. The first-order chi connectivity index (χ1) is 12.2. The van der Waals surface area contributed by atoms with Crippen LogP contribution in [-0.2, 0) is 13.1 Å². The molecule has 25 heavy (non-hydrogen) atoms. The van der Waals surface area contributed by atoms with Crippen LogP contribution in [0.15, 0.2) is 42.5 Å². The molecule has 5 heteroatoms. The summed E-state index contributed by atoms with van der Waals surface area (Å²) in [6.45, 7) is 9.05. The predicted octanol–water partition coefficient (Wildman–Crippen LogP) is 3.46. The van der Waals surface area contributed by atoms with Gasteiger partial charge in [-0.15, -0.1) is 10.2 Å². The molecule has 4 aromatic rings. The molecule has 0 atom stereocenters. The summed E-state index contributed by atoms with van der Waals surface area (Å²) in [5.74, 6) is 0.922. The van der Waals surface area contributed by atoms with Crippen molar-refractivity contribution in [3.05, 3.63) is 65.1 Å². The molecule has 0 saturated heterocycles. The molecule has 3 aromatic heterocycles. The molecular weight excluding hydrogens is 310 g/mol. The normalized spacial score (nSPS) is 11.6. The molecule has 0 amide bonds. The van der Waals surface area contributed by atoms with Gasteiger partial charge >= 0.3 is 0 Å². The average Bonchev–Trinajstić information content (AvgIpc) is 3.14. The Kier molecular flexibility index (Phi) is 4.01. The second-order valence-corrected chi connectivity index (χ2v) is 6.52. The van der Waals surface area contributed by atoms with Crippen LogP contribution in [0.1, 0.15) is 29.6 Å². The zero-order valence-electron chi connectivity index (χ0n) is 15.0. The van der Waals surface area contributed by atoms with Crippen LogP contribution in [0.2, 0.25) is 0 Å². The van der Waals surface area contributed by atoms with Crippen molar-refractivity contribution in [3.8, 4) is 0 Å². The zero-order valence-corrected chi connectivity index (χ0v) is 15.0. The molecule has 1 N–H and O–H groups in total. The van der Waals surface area contributed by atoms with Crippen molar-refractivity contribution in [2.75, 3.05) is 6.54 Å². The van der Waals surface area contributed by atoms with Gasteiger partial charge in [0, 0.05) is 18.8 Å². The number of aromatic nitrogens is 4. The second-order valence-electron chi connectivity index (χ2n) is 6.52. The third kappa shape index (κ3) is 2.81. The summed E-state index contributed by atoms with van der Waals surface area (Å²) >= 11 is 0. The minimum absolute atomic E-state index is 0.863. The van der Waals surface area contributed by atoms with Crippen LogP contribution in [0.5, 0.6) is 0 Å². The predicted molar refractivity (Wildman–Crippen MR) is 101 cm³/mol. The van der Waals surface area contributed by atoms with E-state index in [1.165, 1.54) is 27.9 Å². The van der Waals surface area contributed by atoms with Gasteiger partial charge in [-0.05, 0) is 49.7 Å². The van der Waals surface area contributed by atoms with E-state index in [1.54, 1.807) is 0 Å². The molecule has 0 unspecified atom stereocenters. The van der Waals surface area contributed by atoms with E-state index < -0.39 is 0 Å². The summed E-state index contributed by atoms with van der Waals surface area (Å²) in [5.41, 5.74) is 7.16. The Hall–Kier alpha value is -2.66. The van der Waals surface area contributed by atoms with Crippen molar-refractivity contribution in [2.24, 2.45) is 0 Å². The SMILES string of the molecule is CCNCc1cccc(Cn2c(C)cc3c2ccc2nnc(C)n23)c1. The van der Waals surface area contributed by atoms with Crippen LogP contribution in [0.4, 0.5) is 0 Å². The van der Waals surface area contributed by atoms with E-state index in [4.69, 9.17) is 0 Å². The van der Waals surface area contributed by atoms with E-state index in [1.807, 2.05) is 13.0 Å². The first-order valence-electron chi connectivity index (χ1n) is 8.76. The lowest BCUT2D eigenvalue weighted by atomic mass is 10.1. The molecule has 0 aliphatic rings. The lowest BCUT2D eigenvalue weighted by Gasteiger charge is -2.10. The van der Waals surface area contributed by atoms with Gasteiger partial charge in [-0.2, -0.15) is 0 Å². The maximum absolute atomic E-state index is 4.23. The smallest absolute Gasteiger partial charge is 0.161 e. The maximum atomic E-state index is 4.23. The number of nitrogens with zero attached hydrogens (tertiary/aromatic N) is 4. The number of hydrogen-bond donors (Lipinski definition) is 1. The van der Waals surface area contributed by atoms with E-state index in [-0.39, 0.29) is 0 Å². The highest BCUT2D eigenvalue weighted by molar-refractivity contribution is 5.81. The Bertz CT molecular complexity index is 1040. The number of aryl methyl sites for hydroxylation is 2. The fourth-order valence-electron chi connectivity index (χ4n) is 3.47. The molecule has 4 rings (SSSR count). The van der Waals surface area contributed by atoms with Crippen LogP contribution in [0, 0.1) is 13.8 Å². The third-order valence-electron chi connectivity index (χ3n) is 4.72. The number of pyridine rings is 1. The fraction of sp³-hybridized carbons (Fsp3) is 0.300. The lowest BCUT2D eigenvalue weighted by Crippen LogP contribution is -2.12. The zero-order chi connectivity index (χ0) is 17.4. The Balaban J connectivity index is 1.76. The van der Waals surface area contributed by atoms with Gasteiger partial charge in [0.15, 0.2) is 5.65 Å². The topological polar surface area (TPSA) is 47.2 Å². The molecular formula is C20H23N5. The van der Waals surface area contributed by atoms with Crippen LogP contribution in [0.25, 0.3) is 16.7 Å². The van der Waals surface area contributed by atoms with E-state index >= 15 is 0 Å². The minimum Gasteiger partial charge on any atom is -0.339 e. The van der Waals surface area contributed by atoms with Crippen LogP contribution in [0.3, 0.4) is 0 Å². The average molecular weight is 333 g/mol. The second kappa shape index (κ2) is 6.33. The summed E-state index contributed by atoms with van der Waals surface area (Å²) < 4.78 is 4.49. The molecule has 0 spiro atoms. The van der Waals surface area contributed by atoms with Crippen LogP contribution >= 0.6 is 0 Å². The third-order valence-corrected chi connectivity index (χ3v) is 4.72. The lowest BCUT2D eigenvalue weighted by molar-refractivity contribution is 0.724. The fourth-order valence-corrected chi connectivity index (χ4v) is 3.47. The van der Waals surface area contributed by atoms with E-state index in [0.717, 1.165) is 31.1 Å². The molecule has 0 bridgehead atoms. The summed E-state index contributed by atoms with van der Waals surface area (Å²) in [4.78, 5) is 0. The van der Waals surface area contributed by atoms with Gasteiger partial charge in [-0.1, -0.05) is 31.2 Å². The van der Waals surface area contributed by atoms with E-state index in [2.05, 4.69) is 74.7 Å². The van der Waals surface area contributed by atoms with E-state index in [9.17, 15) is 0 Å². The van der Waals surface area contributed by atoms with Gasteiger partial charge in [0.25, 0.3) is 0 Å². The molecule has 0 saturated carbocycles. The molecule has 3 heterocycles. The Morgan fingerprint density at radius 3 is 2.64 bits per heavy atom. The van der Waals surface area contributed by atoms with Gasteiger partial charge in [0.2, 0.25) is 0 Å². The van der Waals surface area contributed by atoms with Crippen LogP contribution in [-0.4, -0.2) is 25.7 Å². The Labute approximate surface area is 147 Å². The van der Waals surface area contributed by atoms with Crippen molar-refractivity contribution >= 4 is 16.7 Å². The van der Waals surface area contributed by atoms with Gasteiger partial charge in [-0.25, -0.2) is 0 Å². The first kappa shape index (κ1) is 15.8. The Morgan fingerprint density at radius 1 is 0.960 bits per heavy atom. The molecule has 128 valence electrons. The summed E-state index contributed by atoms with van der Waals surface area (Å²) in [5, 5.41) is 11.8. The molecule has 0 fully saturated rings. The van der Waals surface area contributed by atoms with Gasteiger partial charge < -0.3 is 9.88 Å². The molecule has 0 aliphatic heterocycles. The largest absolute Gasteiger partial charge is 0.339 e. The molecule has 0 aliphatic carbocycles. The van der Waals surface area contributed by atoms with Crippen molar-refractivity contribution in [2.45, 2.75) is 33.9 Å². The number of benzene rings is 1. The van der Waals surface area contributed by atoms with E-state index in [0.29, 0.717) is 0 Å². The highest BCUT2D eigenvalue weighted by Crippen LogP contribution is 2.23. The quantitative estimate of drug-likeness (QED) is 0.608. The maximum Gasteiger partial charge on any atom is 0.161 e. The van der Waals surface area contributed by atoms with Gasteiger partial charge in [0.05, 0.1) is 11.0 Å². The summed E-state index contributed by atoms with van der Waals surface area (Å²) in [6, 6.07) is 15.2. The van der Waals surface area contributed by atoms with Crippen LogP contribution < -0.4 is 5.32 Å². The highest BCUT2D eigenvalue weighted by Gasteiger charge is 2.12. The number of rotatable bonds is 5. The van der Waals surface area contributed by atoms with Gasteiger partial charge in [-0.3, -0.25) is 4.40 Å². The van der Waals surface area contributed by atoms with Crippen molar-refractivity contribution in [1.29, 1.82) is 0 Å². The van der Waals surface area contributed by atoms with Gasteiger partial charge in [0.1, 0.15) is 5.82 Å². The monoisotopic (exact) mass is 333 g/mol. The number of hydrogen-bond acceptors (Lipinski definition) is 3.